The summed E-state index contributed by atoms with van der Waals surface area (Å²) in [5, 5.41) is 17.1. The minimum atomic E-state index is -1.82. The van der Waals surface area contributed by atoms with Gasteiger partial charge in [0.05, 0.1) is 5.41 Å². The number of amides is 1. The highest BCUT2D eigenvalue weighted by Crippen LogP contribution is 2.43. The fourth-order valence-electron chi connectivity index (χ4n) is 5.56. The average Bonchev–Trinajstić information content (AvgIpc) is 3.45. The van der Waals surface area contributed by atoms with Gasteiger partial charge in [-0.1, -0.05) is 18.2 Å². The quantitative estimate of drug-likeness (QED) is 0.630. The van der Waals surface area contributed by atoms with E-state index < -0.39 is 11.9 Å². The van der Waals surface area contributed by atoms with Gasteiger partial charge in [0.2, 0.25) is 5.91 Å². The van der Waals surface area contributed by atoms with E-state index in [0.717, 1.165) is 50.5 Å². The molecule has 2 aliphatic heterocycles. The Bertz CT molecular complexity index is 1000. The number of carbonyl (C=O) groups excluding carboxylic acids is 1. The number of para-hydroxylation sites is 1. The van der Waals surface area contributed by atoms with Crippen LogP contribution >= 0.6 is 11.3 Å². The lowest BCUT2D eigenvalue weighted by Gasteiger charge is -2.38. The van der Waals surface area contributed by atoms with Gasteiger partial charge < -0.3 is 20.0 Å². The standard InChI is InChI=1S/C24H30N2OS.C2H2O4/c27-23-24(13-17-26(23)20-6-2-1-3-7-20)11-15-25(16-12-24)14-9-19-5-4-8-22-21(19)10-18-28-22;3-1(4)2(5)6/h1-3,6-7,10,18-19H,4-5,8-9,11-17H2;(H,3,4)(H,5,6). The molecule has 1 spiro atoms. The van der Waals surface area contributed by atoms with Gasteiger partial charge in [0.1, 0.15) is 0 Å². The van der Waals surface area contributed by atoms with Gasteiger partial charge in [-0.15, -0.1) is 11.3 Å². The number of fused-ring (bicyclic) bond motifs is 1. The molecule has 2 saturated heterocycles. The highest BCUT2D eigenvalue weighted by atomic mass is 32.1. The Kier molecular flexibility index (Phi) is 7.68. The summed E-state index contributed by atoms with van der Waals surface area (Å²) in [4.78, 5) is 37.7. The van der Waals surface area contributed by atoms with Crippen LogP contribution in [0.15, 0.2) is 41.8 Å². The van der Waals surface area contributed by atoms with Crippen molar-refractivity contribution in [3.05, 3.63) is 52.2 Å². The molecule has 1 aromatic carbocycles. The molecule has 3 aliphatic rings. The molecule has 1 unspecified atom stereocenters. The molecule has 1 amide bonds. The molecular formula is C26H32N2O5S. The third-order valence-corrected chi connectivity index (χ3v) is 8.54. The monoisotopic (exact) mass is 484 g/mol. The van der Waals surface area contributed by atoms with Crippen molar-refractivity contribution in [1.82, 2.24) is 4.90 Å². The van der Waals surface area contributed by atoms with Crippen LogP contribution in [0.3, 0.4) is 0 Å². The number of thiophene rings is 1. The van der Waals surface area contributed by atoms with Gasteiger partial charge >= 0.3 is 11.9 Å². The molecule has 1 aromatic heterocycles. The van der Waals surface area contributed by atoms with Crippen molar-refractivity contribution >= 4 is 34.9 Å². The third-order valence-electron chi connectivity index (χ3n) is 7.55. The van der Waals surface area contributed by atoms with Gasteiger partial charge in [0.25, 0.3) is 0 Å². The first kappa shape index (κ1) is 24.4. The van der Waals surface area contributed by atoms with Crippen molar-refractivity contribution < 1.29 is 24.6 Å². The Morgan fingerprint density at radius 1 is 1.00 bits per heavy atom. The number of rotatable bonds is 4. The Hall–Kier alpha value is -2.71. The van der Waals surface area contributed by atoms with E-state index in [1.54, 1.807) is 10.4 Å². The van der Waals surface area contributed by atoms with Crippen LogP contribution in [-0.2, 0) is 20.8 Å². The Morgan fingerprint density at radius 2 is 1.68 bits per heavy atom. The van der Waals surface area contributed by atoms with Gasteiger partial charge in [-0.25, -0.2) is 9.59 Å². The second-order valence-electron chi connectivity index (χ2n) is 9.45. The molecule has 2 aromatic rings. The van der Waals surface area contributed by atoms with Crippen LogP contribution in [0.2, 0.25) is 0 Å². The molecule has 0 bridgehead atoms. The summed E-state index contributed by atoms with van der Waals surface area (Å²) in [6.45, 7) is 4.23. The van der Waals surface area contributed by atoms with E-state index >= 15 is 0 Å². The van der Waals surface area contributed by atoms with Crippen molar-refractivity contribution in [3.63, 3.8) is 0 Å². The van der Waals surface area contributed by atoms with Crippen LogP contribution in [0.1, 0.15) is 54.9 Å². The second kappa shape index (κ2) is 10.7. The lowest BCUT2D eigenvalue weighted by Crippen LogP contribution is -2.45. The molecule has 2 fully saturated rings. The Labute approximate surface area is 204 Å². The first-order valence-corrected chi connectivity index (χ1v) is 12.9. The molecule has 5 rings (SSSR count). The van der Waals surface area contributed by atoms with E-state index in [1.807, 2.05) is 34.4 Å². The van der Waals surface area contributed by atoms with Crippen molar-refractivity contribution in [2.45, 2.75) is 50.9 Å². The van der Waals surface area contributed by atoms with Gasteiger partial charge in [0.15, 0.2) is 0 Å². The molecule has 1 atom stereocenters. The zero-order valence-electron chi connectivity index (χ0n) is 19.3. The lowest BCUT2D eigenvalue weighted by molar-refractivity contribution is -0.159. The van der Waals surface area contributed by atoms with Crippen molar-refractivity contribution in [3.8, 4) is 0 Å². The minimum absolute atomic E-state index is 0.0995. The van der Waals surface area contributed by atoms with E-state index in [9.17, 15) is 4.79 Å². The Balaban J connectivity index is 0.000000408. The third kappa shape index (κ3) is 5.33. The molecule has 0 saturated carbocycles. The maximum Gasteiger partial charge on any atom is 0.414 e. The maximum absolute atomic E-state index is 13.2. The largest absolute Gasteiger partial charge is 0.473 e. The predicted octanol–water partition coefficient (Wildman–Crippen LogP) is 4.23. The normalized spacial score (nSPS) is 21.6. The molecule has 182 valence electrons. The SMILES string of the molecule is O=C(O)C(=O)O.O=C1N(c2ccccc2)CCC12CCN(CCC1CCCc3sccc31)CC2. The van der Waals surface area contributed by atoms with Crippen molar-refractivity contribution in [2.24, 2.45) is 5.41 Å². The summed E-state index contributed by atoms with van der Waals surface area (Å²) in [6, 6.07) is 12.6. The van der Waals surface area contributed by atoms with Gasteiger partial charge in [-0.2, -0.15) is 0 Å². The summed E-state index contributed by atoms with van der Waals surface area (Å²) in [5.74, 6) is -2.52. The number of likely N-dealkylation sites (tertiary alicyclic amines) is 1. The van der Waals surface area contributed by atoms with Crippen LogP contribution in [0.4, 0.5) is 5.69 Å². The highest BCUT2D eigenvalue weighted by molar-refractivity contribution is 7.10. The molecule has 7 nitrogen and oxygen atoms in total. The molecule has 1 aliphatic carbocycles. The van der Waals surface area contributed by atoms with Gasteiger partial charge in [-0.05, 0) is 99.6 Å². The summed E-state index contributed by atoms with van der Waals surface area (Å²) < 4.78 is 0. The van der Waals surface area contributed by atoms with Crippen LogP contribution < -0.4 is 4.90 Å². The number of hydrogen-bond donors (Lipinski definition) is 2. The predicted molar refractivity (Wildman–Crippen MR) is 131 cm³/mol. The second-order valence-corrected chi connectivity index (χ2v) is 10.5. The average molecular weight is 485 g/mol. The number of anilines is 1. The van der Waals surface area contributed by atoms with E-state index in [-0.39, 0.29) is 5.41 Å². The number of carbonyl (C=O) groups is 3. The molecule has 0 radical (unpaired) electrons. The topological polar surface area (TPSA) is 98.1 Å². The molecular weight excluding hydrogens is 452 g/mol. The number of hydrogen-bond acceptors (Lipinski definition) is 5. The molecule has 2 N–H and O–H groups in total. The van der Waals surface area contributed by atoms with Crippen LogP contribution in [0.5, 0.6) is 0 Å². The lowest BCUT2D eigenvalue weighted by atomic mass is 9.77. The Morgan fingerprint density at radius 3 is 2.35 bits per heavy atom. The number of piperidine rings is 1. The number of benzene rings is 1. The molecule has 3 heterocycles. The zero-order valence-corrected chi connectivity index (χ0v) is 20.1. The summed E-state index contributed by atoms with van der Waals surface area (Å²) in [6.07, 6.45) is 8.36. The number of aryl methyl sites for hydroxylation is 1. The van der Waals surface area contributed by atoms with Crippen molar-refractivity contribution in [1.29, 1.82) is 0 Å². The zero-order chi connectivity index (χ0) is 24.1. The smallest absolute Gasteiger partial charge is 0.414 e. The van der Waals surface area contributed by atoms with E-state index in [4.69, 9.17) is 19.8 Å². The van der Waals surface area contributed by atoms with E-state index in [0.29, 0.717) is 5.91 Å². The van der Waals surface area contributed by atoms with E-state index in [2.05, 4.69) is 28.5 Å². The number of aliphatic carboxylic acids is 2. The number of nitrogens with zero attached hydrogens (tertiary/aromatic N) is 2. The van der Waals surface area contributed by atoms with Gasteiger partial charge in [0, 0.05) is 17.1 Å². The fraction of sp³-hybridized carbons (Fsp3) is 0.500. The number of carboxylic acids is 2. The summed E-state index contributed by atoms with van der Waals surface area (Å²) >= 11 is 1.95. The first-order chi connectivity index (χ1) is 16.4. The fourth-order valence-corrected chi connectivity index (χ4v) is 6.58. The van der Waals surface area contributed by atoms with Crippen LogP contribution in [0.25, 0.3) is 0 Å². The van der Waals surface area contributed by atoms with Crippen molar-refractivity contribution in [2.75, 3.05) is 31.1 Å². The minimum Gasteiger partial charge on any atom is -0.473 e. The summed E-state index contributed by atoms with van der Waals surface area (Å²) in [7, 11) is 0. The van der Waals surface area contributed by atoms with Crippen LogP contribution in [-0.4, -0.2) is 59.1 Å². The number of carboxylic acid groups (broad SMARTS) is 2. The first-order valence-electron chi connectivity index (χ1n) is 12.0. The summed E-state index contributed by atoms with van der Waals surface area (Å²) in [5.41, 5.74) is 2.60. The van der Waals surface area contributed by atoms with Crippen LogP contribution in [0, 0.1) is 5.41 Å². The molecule has 8 heteroatoms. The maximum atomic E-state index is 13.2. The highest BCUT2D eigenvalue weighted by Gasteiger charge is 2.48. The van der Waals surface area contributed by atoms with E-state index in [1.165, 1.54) is 32.2 Å². The van der Waals surface area contributed by atoms with Gasteiger partial charge in [-0.3, -0.25) is 4.79 Å². The molecule has 34 heavy (non-hydrogen) atoms.